The van der Waals surface area contributed by atoms with Crippen LogP contribution in [0.1, 0.15) is 121 Å². The standard InChI is InChI=1S/C50H86O10SSi2/c1-18-26-55-47(51)50(11,12)31-38-28-35(3)42(58-38)25-24-37-27-34(2)36(4)43(57-37)30-44-41(33-61(52,53)40-22-20-19-21-23-40)46(54-13)45(59-44)29-39(60-63(16,17)49(8,9)10)32-56-62(14,15)48(5,6)7/h19-23,34,37-39,41-46H,3-4,18,24-33H2,1-2,5-17H3/t34-,37+,38+,39+,41+,42+,43-,44+,45-,46-/m1/s1. The van der Waals surface area contributed by atoms with E-state index >= 15 is 0 Å². The zero-order valence-corrected chi connectivity index (χ0v) is 44.7. The highest BCUT2D eigenvalue weighted by Gasteiger charge is 2.51. The third kappa shape index (κ3) is 14.2. The van der Waals surface area contributed by atoms with Crippen LogP contribution in [0.25, 0.3) is 0 Å². The molecule has 0 radical (unpaired) electrons. The predicted octanol–water partition coefficient (Wildman–Crippen LogP) is 11.3. The van der Waals surface area contributed by atoms with Crippen molar-refractivity contribution in [3.05, 3.63) is 54.6 Å². The van der Waals surface area contributed by atoms with E-state index in [1.165, 1.54) is 0 Å². The quantitative estimate of drug-likeness (QED) is 0.0670. The Morgan fingerprint density at radius 1 is 0.873 bits per heavy atom. The van der Waals surface area contributed by atoms with Crippen molar-refractivity contribution in [2.75, 3.05) is 26.1 Å². The smallest absolute Gasteiger partial charge is 0.311 e. The van der Waals surface area contributed by atoms with E-state index in [1.54, 1.807) is 31.4 Å². The molecule has 0 spiro atoms. The van der Waals surface area contributed by atoms with Crippen LogP contribution in [0, 0.1) is 17.3 Å². The molecule has 0 amide bonds. The van der Waals surface area contributed by atoms with Gasteiger partial charge in [0.1, 0.15) is 0 Å². The van der Waals surface area contributed by atoms with Crippen LogP contribution in [-0.4, -0.2) is 106 Å². The Balaban J connectivity index is 1.56. The second kappa shape index (κ2) is 21.5. The number of methoxy groups -OCH3 is 1. The van der Waals surface area contributed by atoms with Gasteiger partial charge in [-0.3, -0.25) is 4.79 Å². The summed E-state index contributed by atoms with van der Waals surface area (Å²) in [5.41, 5.74) is 1.40. The van der Waals surface area contributed by atoms with Gasteiger partial charge in [-0.05, 0) is 118 Å². The highest BCUT2D eigenvalue weighted by Crippen LogP contribution is 2.44. The molecule has 0 aliphatic carbocycles. The van der Waals surface area contributed by atoms with E-state index in [0.717, 1.165) is 43.3 Å². The lowest BCUT2D eigenvalue weighted by Gasteiger charge is -2.42. The Bertz CT molecular complexity index is 1780. The molecular weight excluding hydrogens is 849 g/mol. The molecular formula is C50H86O10SSi2. The van der Waals surface area contributed by atoms with Gasteiger partial charge in [-0.25, -0.2) is 8.42 Å². The summed E-state index contributed by atoms with van der Waals surface area (Å²) in [4.78, 5) is 13.1. The van der Waals surface area contributed by atoms with Crippen molar-refractivity contribution in [3.8, 4) is 0 Å². The van der Waals surface area contributed by atoms with Crippen LogP contribution in [0.3, 0.4) is 0 Å². The van der Waals surface area contributed by atoms with Gasteiger partial charge in [-0.1, -0.05) is 86.7 Å². The third-order valence-corrected chi connectivity index (χ3v) is 25.7. The first kappa shape index (κ1) is 53.9. The molecule has 0 aromatic heterocycles. The van der Waals surface area contributed by atoms with Crippen LogP contribution in [0.4, 0.5) is 0 Å². The van der Waals surface area contributed by atoms with Gasteiger partial charge in [-0.2, -0.15) is 0 Å². The lowest BCUT2D eigenvalue weighted by Crippen LogP contribution is -2.49. The number of benzene rings is 1. The summed E-state index contributed by atoms with van der Waals surface area (Å²) in [7, 11) is -6.43. The Labute approximate surface area is 385 Å². The molecule has 3 saturated heterocycles. The molecule has 3 aliphatic rings. The van der Waals surface area contributed by atoms with E-state index in [0.29, 0.717) is 32.5 Å². The summed E-state index contributed by atoms with van der Waals surface area (Å²) in [6.07, 6.45) is 3.11. The van der Waals surface area contributed by atoms with Gasteiger partial charge in [-0.15, -0.1) is 0 Å². The second-order valence-electron chi connectivity index (χ2n) is 22.6. The average molecular weight is 935 g/mol. The number of hydrogen-bond donors (Lipinski definition) is 0. The SMILES string of the molecule is C=C1C[C@@H](CC(C)(C)C(=O)OCCC)O[C@H]1CC[C@H]1C[C@@H](C)C(=C)[C@@H](C[C@@H]2O[C@H](C[C@@H](CO[Si](C)(C)C(C)(C)C)O[Si](C)(C)C(C)(C)C)[C@H](OC)[C@H]2CS(=O)(=O)c2ccccc2)O1. The number of carbonyl (C=O) groups excluding carboxylic acids is 1. The van der Waals surface area contributed by atoms with Gasteiger partial charge in [0.05, 0.1) is 78.1 Å². The van der Waals surface area contributed by atoms with E-state index in [4.69, 9.17) is 32.5 Å². The summed E-state index contributed by atoms with van der Waals surface area (Å²) in [6, 6.07) is 8.67. The van der Waals surface area contributed by atoms with Crippen LogP contribution in [0.2, 0.25) is 36.3 Å². The average Bonchev–Trinajstić information content (AvgIpc) is 3.68. The highest BCUT2D eigenvalue weighted by molar-refractivity contribution is 7.91. The largest absolute Gasteiger partial charge is 0.465 e. The van der Waals surface area contributed by atoms with E-state index in [1.807, 2.05) is 26.8 Å². The summed E-state index contributed by atoms with van der Waals surface area (Å²) in [6.45, 7) is 40.3. The first-order valence-electron chi connectivity index (χ1n) is 23.6. The minimum Gasteiger partial charge on any atom is -0.465 e. The predicted molar refractivity (Wildman–Crippen MR) is 259 cm³/mol. The maximum absolute atomic E-state index is 14.2. The highest BCUT2D eigenvalue weighted by atomic mass is 32.2. The van der Waals surface area contributed by atoms with Crippen molar-refractivity contribution >= 4 is 32.4 Å². The number of hydrogen-bond acceptors (Lipinski definition) is 10. The first-order chi connectivity index (χ1) is 29.0. The molecule has 4 rings (SSSR count). The zero-order valence-electron chi connectivity index (χ0n) is 41.8. The molecule has 13 heteroatoms. The minimum absolute atomic E-state index is 0.0234. The second-order valence-corrected chi connectivity index (χ2v) is 34.2. The fraction of sp³-hybridized carbons (Fsp3) is 0.780. The molecule has 1 aromatic carbocycles. The van der Waals surface area contributed by atoms with Gasteiger partial charge in [0.15, 0.2) is 26.5 Å². The maximum Gasteiger partial charge on any atom is 0.311 e. The molecule has 0 bridgehead atoms. The molecule has 0 N–H and O–H groups in total. The number of ether oxygens (including phenoxy) is 5. The fourth-order valence-electron chi connectivity index (χ4n) is 8.75. The van der Waals surface area contributed by atoms with Crippen LogP contribution in [-0.2, 0) is 47.2 Å². The Hall–Kier alpha value is -1.69. The molecule has 0 saturated carbocycles. The van der Waals surface area contributed by atoms with E-state index in [-0.39, 0.29) is 63.1 Å². The Morgan fingerprint density at radius 3 is 2.08 bits per heavy atom. The monoisotopic (exact) mass is 935 g/mol. The topological polar surface area (TPSA) is 116 Å². The van der Waals surface area contributed by atoms with Crippen molar-refractivity contribution in [2.45, 2.75) is 211 Å². The Morgan fingerprint density at radius 2 is 1.49 bits per heavy atom. The van der Waals surface area contributed by atoms with E-state index in [2.05, 4.69) is 87.8 Å². The lowest BCUT2D eigenvalue weighted by molar-refractivity contribution is -0.156. The fourth-order valence-corrected chi connectivity index (χ4v) is 12.8. The maximum atomic E-state index is 14.2. The van der Waals surface area contributed by atoms with Gasteiger partial charge in [0, 0.05) is 25.9 Å². The number of carbonyl (C=O) groups is 1. The molecule has 1 aromatic rings. The van der Waals surface area contributed by atoms with Gasteiger partial charge in [0.2, 0.25) is 0 Å². The molecule has 10 nitrogen and oxygen atoms in total. The molecule has 3 heterocycles. The molecule has 0 unspecified atom stereocenters. The minimum atomic E-state index is -3.70. The third-order valence-electron chi connectivity index (χ3n) is 14.8. The molecule has 360 valence electrons. The molecule has 3 fully saturated rings. The van der Waals surface area contributed by atoms with Gasteiger partial charge < -0.3 is 32.5 Å². The molecule has 3 aliphatic heterocycles. The van der Waals surface area contributed by atoms with Gasteiger partial charge >= 0.3 is 5.97 Å². The number of rotatable bonds is 21. The summed E-state index contributed by atoms with van der Waals surface area (Å²) >= 11 is 0. The number of esters is 1. The zero-order chi connectivity index (χ0) is 47.3. The lowest BCUT2D eigenvalue weighted by atomic mass is 9.83. The van der Waals surface area contributed by atoms with Crippen molar-refractivity contribution < 1.29 is 45.7 Å². The van der Waals surface area contributed by atoms with Crippen LogP contribution < -0.4 is 0 Å². The first-order valence-corrected chi connectivity index (χ1v) is 31.1. The summed E-state index contributed by atoms with van der Waals surface area (Å²) < 4.78 is 74.6. The van der Waals surface area contributed by atoms with Gasteiger partial charge in [0.25, 0.3) is 0 Å². The van der Waals surface area contributed by atoms with Crippen LogP contribution in [0.5, 0.6) is 0 Å². The van der Waals surface area contributed by atoms with Crippen molar-refractivity contribution in [2.24, 2.45) is 17.3 Å². The number of sulfone groups is 1. The summed E-state index contributed by atoms with van der Waals surface area (Å²) in [5.74, 6) is -0.593. The normalized spacial score (nSPS) is 28.4. The summed E-state index contributed by atoms with van der Waals surface area (Å²) in [5, 5.41) is -0.00471. The Kier molecular flexibility index (Phi) is 18.4. The molecule has 63 heavy (non-hydrogen) atoms. The van der Waals surface area contributed by atoms with Crippen LogP contribution >= 0.6 is 0 Å². The van der Waals surface area contributed by atoms with Crippen molar-refractivity contribution in [1.82, 2.24) is 0 Å². The molecule has 10 atom stereocenters. The van der Waals surface area contributed by atoms with E-state index < -0.39 is 56.1 Å². The van der Waals surface area contributed by atoms with Crippen LogP contribution in [0.15, 0.2) is 59.5 Å². The van der Waals surface area contributed by atoms with Crippen molar-refractivity contribution in [1.29, 1.82) is 0 Å². The van der Waals surface area contributed by atoms with Crippen molar-refractivity contribution in [3.63, 3.8) is 0 Å². The van der Waals surface area contributed by atoms with E-state index in [9.17, 15) is 13.2 Å².